The number of carbonyl (C=O) groups excluding carboxylic acids is 2. The second-order valence-corrected chi connectivity index (χ2v) is 11.2. The van der Waals surface area contributed by atoms with Crippen molar-refractivity contribution in [2.75, 3.05) is 23.7 Å². The number of benzene rings is 2. The molecule has 1 atom stereocenters. The highest BCUT2D eigenvalue weighted by molar-refractivity contribution is 9.10. The molecular weight excluding hydrogens is 518 g/mol. The largest absolute Gasteiger partial charge is 0.354 e. The second-order valence-electron chi connectivity index (χ2n) is 8.40. The summed E-state index contributed by atoms with van der Waals surface area (Å²) in [5, 5.41) is 2.86. The monoisotopic (exact) mass is 551 g/mol. The molecule has 0 aliphatic carbocycles. The summed E-state index contributed by atoms with van der Waals surface area (Å²) in [6.45, 7) is 6.59. The van der Waals surface area contributed by atoms with E-state index in [1.165, 1.54) is 4.31 Å². The molecular formula is C25H34BrN3O4S. The molecule has 0 radical (unpaired) electrons. The Morgan fingerprint density at radius 3 is 2.44 bits per heavy atom. The van der Waals surface area contributed by atoms with Crippen molar-refractivity contribution in [2.45, 2.75) is 52.6 Å². The maximum atomic E-state index is 13.2. The minimum Gasteiger partial charge on any atom is -0.354 e. The molecule has 9 heteroatoms. The van der Waals surface area contributed by atoms with Gasteiger partial charge in [0, 0.05) is 30.5 Å². The molecule has 2 aromatic carbocycles. The fourth-order valence-electron chi connectivity index (χ4n) is 3.60. The van der Waals surface area contributed by atoms with E-state index in [0.29, 0.717) is 18.7 Å². The lowest BCUT2D eigenvalue weighted by atomic mass is 10.1. The fraction of sp³-hybridized carbons (Fsp3) is 0.440. The first-order valence-electron chi connectivity index (χ1n) is 11.4. The van der Waals surface area contributed by atoms with Crippen LogP contribution in [0.5, 0.6) is 0 Å². The molecule has 7 nitrogen and oxygen atoms in total. The van der Waals surface area contributed by atoms with Crippen molar-refractivity contribution >= 4 is 43.5 Å². The number of rotatable bonds is 12. The maximum absolute atomic E-state index is 13.2. The first-order chi connectivity index (χ1) is 16.0. The van der Waals surface area contributed by atoms with Crippen molar-refractivity contribution in [3.63, 3.8) is 0 Å². The number of nitrogens with one attached hydrogen (secondary N) is 1. The van der Waals surface area contributed by atoms with E-state index in [1.807, 2.05) is 56.3 Å². The van der Waals surface area contributed by atoms with Crippen molar-refractivity contribution in [1.29, 1.82) is 0 Å². The van der Waals surface area contributed by atoms with Gasteiger partial charge in [0.2, 0.25) is 21.8 Å². The highest BCUT2D eigenvalue weighted by Gasteiger charge is 2.26. The van der Waals surface area contributed by atoms with Gasteiger partial charge < -0.3 is 10.2 Å². The van der Waals surface area contributed by atoms with E-state index in [0.717, 1.165) is 28.3 Å². The van der Waals surface area contributed by atoms with Gasteiger partial charge in [0.15, 0.2) is 0 Å². The lowest BCUT2D eigenvalue weighted by Gasteiger charge is -2.29. The predicted octanol–water partition coefficient (Wildman–Crippen LogP) is 4.25. The van der Waals surface area contributed by atoms with Gasteiger partial charge in [-0.15, -0.1) is 0 Å². The molecule has 1 unspecified atom stereocenters. The van der Waals surface area contributed by atoms with Gasteiger partial charge in [-0.05, 0) is 62.1 Å². The van der Waals surface area contributed by atoms with Crippen LogP contribution >= 0.6 is 15.9 Å². The molecule has 34 heavy (non-hydrogen) atoms. The van der Waals surface area contributed by atoms with Crippen LogP contribution in [0.1, 0.15) is 44.2 Å². The lowest BCUT2D eigenvalue weighted by Crippen LogP contribution is -2.47. The van der Waals surface area contributed by atoms with Gasteiger partial charge in [-0.2, -0.15) is 0 Å². The number of carbonyl (C=O) groups is 2. The number of sulfonamides is 1. The Balaban J connectivity index is 2.15. The third-order valence-corrected chi connectivity index (χ3v) is 7.09. The van der Waals surface area contributed by atoms with Crippen LogP contribution in [0.15, 0.2) is 53.0 Å². The van der Waals surface area contributed by atoms with Crippen LogP contribution in [0, 0.1) is 6.92 Å². The number of hydrogen-bond donors (Lipinski definition) is 1. The van der Waals surface area contributed by atoms with Gasteiger partial charge >= 0.3 is 0 Å². The third kappa shape index (κ3) is 8.43. The van der Waals surface area contributed by atoms with E-state index in [-0.39, 0.29) is 31.3 Å². The Morgan fingerprint density at radius 2 is 1.82 bits per heavy atom. The zero-order valence-corrected chi connectivity index (χ0v) is 22.7. The molecule has 2 rings (SSSR count). The van der Waals surface area contributed by atoms with Gasteiger partial charge in [-0.25, -0.2) is 8.42 Å². The number of amides is 2. The molecule has 0 fully saturated rings. The maximum Gasteiger partial charge on any atom is 0.242 e. The SMILES string of the molecule is CCCNC(=O)C(C)N(Cc1cccc(Br)c1)C(=O)CCCN(c1cccc(C)c1)S(C)(=O)=O. The van der Waals surface area contributed by atoms with Crippen molar-refractivity contribution in [2.24, 2.45) is 0 Å². The van der Waals surface area contributed by atoms with E-state index in [2.05, 4.69) is 21.2 Å². The molecule has 0 aliphatic heterocycles. The van der Waals surface area contributed by atoms with Gasteiger partial charge in [0.25, 0.3) is 0 Å². The van der Waals surface area contributed by atoms with Crippen LogP contribution in [-0.4, -0.2) is 50.5 Å². The Bertz CT molecular complexity index is 1090. The van der Waals surface area contributed by atoms with E-state index >= 15 is 0 Å². The summed E-state index contributed by atoms with van der Waals surface area (Å²) in [4.78, 5) is 27.4. The van der Waals surface area contributed by atoms with Crippen molar-refractivity contribution in [3.8, 4) is 0 Å². The Morgan fingerprint density at radius 1 is 1.12 bits per heavy atom. The zero-order chi connectivity index (χ0) is 25.3. The molecule has 1 N–H and O–H groups in total. The van der Waals surface area contributed by atoms with Crippen LogP contribution in [0.2, 0.25) is 0 Å². The summed E-state index contributed by atoms with van der Waals surface area (Å²) in [5.74, 6) is -0.403. The van der Waals surface area contributed by atoms with Gasteiger partial charge in [0.1, 0.15) is 6.04 Å². The number of halogens is 1. The topological polar surface area (TPSA) is 86.8 Å². The molecule has 0 aliphatic rings. The normalized spacial score (nSPS) is 12.1. The molecule has 0 bridgehead atoms. The van der Waals surface area contributed by atoms with Crippen molar-refractivity contribution in [1.82, 2.24) is 10.2 Å². The minimum absolute atomic E-state index is 0.122. The average molecular weight is 553 g/mol. The van der Waals surface area contributed by atoms with Gasteiger partial charge in [-0.3, -0.25) is 13.9 Å². The molecule has 2 aromatic rings. The smallest absolute Gasteiger partial charge is 0.242 e. The highest BCUT2D eigenvalue weighted by Crippen LogP contribution is 2.21. The molecule has 0 saturated heterocycles. The molecule has 0 spiro atoms. The molecule has 0 heterocycles. The molecule has 0 aromatic heterocycles. The summed E-state index contributed by atoms with van der Waals surface area (Å²) < 4.78 is 27.0. The van der Waals surface area contributed by atoms with Crippen molar-refractivity contribution in [3.05, 3.63) is 64.1 Å². The summed E-state index contributed by atoms with van der Waals surface area (Å²) in [6.07, 6.45) is 2.42. The summed E-state index contributed by atoms with van der Waals surface area (Å²) in [5.41, 5.74) is 2.43. The molecule has 2 amide bonds. The Kier molecular flexibility index (Phi) is 10.6. The van der Waals surface area contributed by atoms with Gasteiger partial charge in [-0.1, -0.05) is 47.1 Å². The fourth-order valence-corrected chi connectivity index (χ4v) is 5.00. The average Bonchev–Trinajstić information content (AvgIpc) is 2.77. The third-order valence-electron chi connectivity index (χ3n) is 5.40. The molecule has 186 valence electrons. The molecule has 0 saturated carbocycles. The van der Waals surface area contributed by atoms with Crippen LogP contribution < -0.4 is 9.62 Å². The Hall–Kier alpha value is -2.39. The number of nitrogens with zero attached hydrogens (tertiary/aromatic N) is 2. The first-order valence-corrected chi connectivity index (χ1v) is 14.0. The summed E-state index contributed by atoms with van der Waals surface area (Å²) >= 11 is 3.45. The quantitative estimate of drug-likeness (QED) is 0.427. The summed E-state index contributed by atoms with van der Waals surface area (Å²) in [6, 6.07) is 14.2. The highest BCUT2D eigenvalue weighted by atomic mass is 79.9. The number of aryl methyl sites for hydroxylation is 1. The van der Waals surface area contributed by atoms with E-state index in [1.54, 1.807) is 17.9 Å². The van der Waals surface area contributed by atoms with Crippen LogP contribution in [0.4, 0.5) is 5.69 Å². The first kappa shape index (κ1) is 27.9. The second kappa shape index (κ2) is 12.9. The standard InChI is InChI=1S/C25H34BrN3O4S/c1-5-14-27-25(31)20(3)28(18-21-10-7-11-22(26)17-21)24(30)13-8-15-29(34(4,32)33)23-12-6-9-19(2)16-23/h6-7,9-12,16-17,20H,5,8,13-15,18H2,1-4H3,(H,27,31). The van der Waals surface area contributed by atoms with Crippen LogP contribution in [-0.2, 0) is 26.2 Å². The minimum atomic E-state index is -3.51. The van der Waals surface area contributed by atoms with Crippen molar-refractivity contribution < 1.29 is 18.0 Å². The van der Waals surface area contributed by atoms with E-state index < -0.39 is 16.1 Å². The lowest BCUT2D eigenvalue weighted by molar-refractivity contribution is -0.140. The van der Waals surface area contributed by atoms with E-state index in [4.69, 9.17) is 0 Å². The van der Waals surface area contributed by atoms with Crippen LogP contribution in [0.3, 0.4) is 0 Å². The predicted molar refractivity (Wildman–Crippen MR) is 140 cm³/mol. The number of hydrogen-bond acceptors (Lipinski definition) is 4. The Labute approximate surface area is 211 Å². The van der Waals surface area contributed by atoms with Gasteiger partial charge in [0.05, 0.1) is 11.9 Å². The van der Waals surface area contributed by atoms with Crippen LogP contribution in [0.25, 0.3) is 0 Å². The van der Waals surface area contributed by atoms with E-state index in [9.17, 15) is 18.0 Å². The summed E-state index contributed by atoms with van der Waals surface area (Å²) in [7, 11) is -3.51. The number of anilines is 1. The zero-order valence-electron chi connectivity index (χ0n) is 20.3.